The fraction of sp³-hybridized carbons (Fsp3) is 0.857. The van der Waals surface area contributed by atoms with Crippen LogP contribution in [0.2, 0.25) is 0 Å². The summed E-state index contributed by atoms with van der Waals surface area (Å²) < 4.78 is 26.4. The minimum atomic E-state index is -3.45. The average molecular weight is 239 g/mol. The van der Waals surface area contributed by atoms with Crippen LogP contribution in [0.3, 0.4) is 0 Å². The molecule has 14 heavy (non-hydrogen) atoms. The monoisotopic (exact) mass is 239 g/mol. The Kier molecular flexibility index (Phi) is 5.50. The van der Waals surface area contributed by atoms with Gasteiger partial charge in [-0.3, -0.25) is 0 Å². The normalized spacial score (nSPS) is 14.3. The Morgan fingerprint density at radius 2 is 2.07 bits per heavy atom. The molecule has 0 heterocycles. The van der Waals surface area contributed by atoms with E-state index < -0.39 is 16.3 Å². The molecule has 0 saturated carbocycles. The zero-order valence-corrected chi connectivity index (χ0v) is 10.3. The lowest BCUT2D eigenvalue weighted by molar-refractivity contribution is 0.496. The van der Waals surface area contributed by atoms with Gasteiger partial charge in [0.25, 0.3) is 10.2 Å². The number of hydrogen-bond donors (Lipinski definition) is 2. The van der Waals surface area contributed by atoms with Gasteiger partial charge in [0.1, 0.15) is 0 Å². The summed E-state index contributed by atoms with van der Waals surface area (Å²) in [6.45, 7) is 1.94. The number of thiocarbonyl (C=S) groups is 1. The Balaban J connectivity index is 4.53. The Labute approximate surface area is 90.8 Å². The van der Waals surface area contributed by atoms with Crippen LogP contribution in [0.4, 0.5) is 0 Å². The lowest BCUT2D eigenvalue weighted by Crippen LogP contribution is -2.47. The van der Waals surface area contributed by atoms with Crippen molar-refractivity contribution in [1.82, 2.24) is 9.03 Å². The van der Waals surface area contributed by atoms with E-state index in [4.69, 9.17) is 18.0 Å². The van der Waals surface area contributed by atoms with Gasteiger partial charge in [-0.15, -0.1) is 0 Å². The van der Waals surface area contributed by atoms with E-state index in [1.165, 1.54) is 14.1 Å². The molecule has 1 atom stereocenters. The average Bonchev–Trinajstić information content (AvgIpc) is 2.02. The second-order valence-corrected chi connectivity index (χ2v) is 5.54. The topological polar surface area (TPSA) is 75.4 Å². The van der Waals surface area contributed by atoms with Gasteiger partial charge in [0, 0.05) is 14.1 Å². The molecular formula is C7H17N3O2S2. The summed E-state index contributed by atoms with van der Waals surface area (Å²) in [5.41, 5.74) is 5.42. The van der Waals surface area contributed by atoms with Crippen molar-refractivity contribution in [2.45, 2.75) is 25.8 Å². The van der Waals surface area contributed by atoms with E-state index in [0.717, 1.165) is 10.7 Å². The first-order valence-corrected chi connectivity index (χ1v) is 6.15. The van der Waals surface area contributed by atoms with E-state index >= 15 is 0 Å². The third-order valence-electron chi connectivity index (χ3n) is 1.69. The molecule has 0 aromatic carbocycles. The quantitative estimate of drug-likeness (QED) is 0.631. The van der Waals surface area contributed by atoms with Gasteiger partial charge in [0.2, 0.25) is 0 Å². The van der Waals surface area contributed by atoms with Crippen molar-refractivity contribution in [2.75, 3.05) is 14.1 Å². The smallest absolute Gasteiger partial charge is 0.279 e. The lowest BCUT2D eigenvalue weighted by Gasteiger charge is -2.19. The molecule has 0 bridgehead atoms. The molecule has 0 aliphatic rings. The number of hydrogen-bond acceptors (Lipinski definition) is 3. The molecule has 0 saturated heterocycles. The van der Waals surface area contributed by atoms with Crippen LogP contribution in [-0.4, -0.2) is 37.8 Å². The van der Waals surface area contributed by atoms with Crippen molar-refractivity contribution < 1.29 is 8.42 Å². The second kappa shape index (κ2) is 5.59. The summed E-state index contributed by atoms with van der Waals surface area (Å²) in [6, 6.07) is -0.456. The fourth-order valence-electron chi connectivity index (χ4n) is 0.833. The van der Waals surface area contributed by atoms with Crippen LogP contribution in [0.25, 0.3) is 0 Å². The number of nitrogens with one attached hydrogen (secondary N) is 1. The number of rotatable bonds is 6. The van der Waals surface area contributed by atoms with Gasteiger partial charge in [-0.25, -0.2) is 0 Å². The van der Waals surface area contributed by atoms with Crippen LogP contribution in [0.15, 0.2) is 0 Å². The SMILES string of the molecule is CCCC(NS(=O)(=O)N(C)C)C(N)=S. The first kappa shape index (κ1) is 13.8. The Morgan fingerprint density at radius 3 is 2.36 bits per heavy atom. The van der Waals surface area contributed by atoms with Gasteiger partial charge in [-0.2, -0.15) is 17.4 Å². The van der Waals surface area contributed by atoms with Crippen molar-refractivity contribution in [1.29, 1.82) is 0 Å². The highest BCUT2D eigenvalue weighted by Gasteiger charge is 2.20. The predicted molar refractivity (Wildman–Crippen MR) is 61.2 cm³/mol. The highest BCUT2D eigenvalue weighted by atomic mass is 32.2. The number of nitrogens with two attached hydrogens (primary N) is 1. The molecule has 0 amide bonds. The zero-order chi connectivity index (χ0) is 11.4. The van der Waals surface area contributed by atoms with Gasteiger partial charge >= 0.3 is 0 Å². The highest BCUT2D eigenvalue weighted by molar-refractivity contribution is 7.87. The maximum atomic E-state index is 11.4. The summed E-state index contributed by atoms with van der Waals surface area (Å²) in [5, 5.41) is 0. The van der Waals surface area contributed by atoms with Gasteiger partial charge in [-0.05, 0) is 6.42 Å². The summed E-state index contributed by atoms with van der Waals surface area (Å²) in [6.07, 6.45) is 1.43. The number of nitrogens with zero attached hydrogens (tertiary/aromatic N) is 1. The summed E-state index contributed by atoms with van der Waals surface area (Å²) in [4.78, 5) is 0.178. The molecule has 3 N–H and O–H groups in total. The van der Waals surface area contributed by atoms with E-state index in [2.05, 4.69) is 4.72 Å². The third-order valence-corrected chi connectivity index (χ3v) is 3.52. The van der Waals surface area contributed by atoms with E-state index in [0.29, 0.717) is 6.42 Å². The standard InChI is InChI=1S/C7H17N3O2S2/c1-4-5-6(7(8)13)9-14(11,12)10(2)3/h6,9H,4-5H2,1-3H3,(H2,8,13). The minimum absolute atomic E-state index is 0.178. The summed E-state index contributed by atoms with van der Waals surface area (Å²) >= 11 is 4.77. The van der Waals surface area contributed by atoms with Crippen molar-refractivity contribution in [2.24, 2.45) is 5.73 Å². The van der Waals surface area contributed by atoms with Crippen molar-refractivity contribution in [3.8, 4) is 0 Å². The highest BCUT2D eigenvalue weighted by Crippen LogP contribution is 2.00. The first-order chi connectivity index (χ1) is 6.31. The molecule has 0 fully saturated rings. The van der Waals surface area contributed by atoms with E-state index in [9.17, 15) is 8.42 Å². The van der Waals surface area contributed by atoms with Gasteiger partial charge in [0.05, 0.1) is 11.0 Å². The van der Waals surface area contributed by atoms with Crippen molar-refractivity contribution in [3.63, 3.8) is 0 Å². The molecule has 0 radical (unpaired) electrons. The molecule has 0 aromatic rings. The molecule has 0 aliphatic carbocycles. The molecule has 84 valence electrons. The minimum Gasteiger partial charge on any atom is -0.392 e. The van der Waals surface area contributed by atoms with E-state index in [1.807, 2.05) is 6.92 Å². The largest absolute Gasteiger partial charge is 0.392 e. The van der Waals surface area contributed by atoms with Gasteiger partial charge < -0.3 is 5.73 Å². The summed E-state index contributed by atoms with van der Waals surface area (Å²) in [5.74, 6) is 0. The molecule has 7 heteroatoms. The van der Waals surface area contributed by atoms with Crippen molar-refractivity contribution in [3.05, 3.63) is 0 Å². The molecule has 0 rings (SSSR count). The molecule has 0 spiro atoms. The van der Waals surface area contributed by atoms with Crippen LogP contribution < -0.4 is 10.5 Å². The Hall–Kier alpha value is -0.240. The predicted octanol–water partition coefficient (Wildman–Crippen LogP) is -0.163. The Bertz CT molecular complexity index is 287. The van der Waals surface area contributed by atoms with E-state index in [-0.39, 0.29) is 4.99 Å². The molecule has 5 nitrogen and oxygen atoms in total. The lowest BCUT2D eigenvalue weighted by atomic mass is 10.2. The van der Waals surface area contributed by atoms with Gasteiger partial charge in [-0.1, -0.05) is 25.6 Å². The van der Waals surface area contributed by atoms with Crippen LogP contribution in [0.1, 0.15) is 19.8 Å². The van der Waals surface area contributed by atoms with Crippen LogP contribution in [0.5, 0.6) is 0 Å². The zero-order valence-electron chi connectivity index (χ0n) is 8.65. The molecule has 1 unspecified atom stereocenters. The van der Waals surface area contributed by atoms with Gasteiger partial charge in [0.15, 0.2) is 0 Å². The summed E-state index contributed by atoms with van der Waals surface area (Å²) in [7, 11) is -0.550. The maximum Gasteiger partial charge on any atom is 0.279 e. The maximum absolute atomic E-state index is 11.4. The van der Waals surface area contributed by atoms with Crippen LogP contribution in [-0.2, 0) is 10.2 Å². The molecule has 0 aliphatic heterocycles. The third kappa shape index (κ3) is 4.32. The molecular weight excluding hydrogens is 222 g/mol. The van der Waals surface area contributed by atoms with Crippen molar-refractivity contribution >= 4 is 27.4 Å². The second-order valence-electron chi connectivity index (χ2n) is 3.15. The fourth-order valence-corrected chi connectivity index (χ4v) is 1.90. The first-order valence-electron chi connectivity index (χ1n) is 4.30. The van der Waals surface area contributed by atoms with E-state index in [1.54, 1.807) is 0 Å². The van der Waals surface area contributed by atoms with Crippen LogP contribution in [0, 0.1) is 0 Å². The Morgan fingerprint density at radius 1 is 1.57 bits per heavy atom. The van der Waals surface area contributed by atoms with Crippen LogP contribution >= 0.6 is 12.2 Å². The molecule has 0 aromatic heterocycles.